The van der Waals surface area contributed by atoms with Gasteiger partial charge in [-0.05, 0) is 66.5 Å². The normalized spacial score (nSPS) is 45.6. The molecule has 1 heterocycles. The van der Waals surface area contributed by atoms with Crippen molar-refractivity contribution in [3.63, 3.8) is 0 Å². The Morgan fingerprint density at radius 2 is 1.48 bits per heavy atom. The number of benzene rings is 1. The third kappa shape index (κ3) is 1.65. The number of halogens is 2. The molecule has 25 heavy (non-hydrogen) atoms. The fourth-order valence-electron chi connectivity index (χ4n) is 7.02. The average Bonchev–Trinajstić information content (AvgIpc) is 3.35. The summed E-state index contributed by atoms with van der Waals surface area (Å²) in [5.74, 6) is 2.84. The molecule has 0 spiro atoms. The van der Waals surface area contributed by atoms with Gasteiger partial charge in [0.25, 0.3) is 0 Å². The molecule has 8 atom stereocenters. The van der Waals surface area contributed by atoms with Crippen LogP contribution in [0.1, 0.15) is 12.8 Å². The van der Waals surface area contributed by atoms with E-state index in [4.69, 9.17) is 23.2 Å². The molecular weight excluding hydrogens is 357 g/mol. The first kappa shape index (κ1) is 14.8. The number of imide groups is 1. The van der Waals surface area contributed by atoms with Gasteiger partial charge in [-0.3, -0.25) is 9.59 Å². The number of nitrogens with zero attached hydrogens (tertiary/aromatic N) is 1. The van der Waals surface area contributed by atoms with Crippen molar-refractivity contribution in [3.8, 4) is 0 Å². The molecular formula is C20H17Cl2NO2. The molecule has 6 rings (SSSR count). The third-order valence-electron chi connectivity index (χ3n) is 7.59. The second-order valence-electron chi connectivity index (χ2n) is 8.33. The number of allylic oxidation sites excluding steroid dienone is 2. The van der Waals surface area contributed by atoms with E-state index in [1.165, 1.54) is 11.3 Å². The van der Waals surface area contributed by atoms with Crippen molar-refractivity contribution in [3.05, 3.63) is 40.4 Å². The molecule has 1 saturated heterocycles. The van der Waals surface area contributed by atoms with Gasteiger partial charge in [0.15, 0.2) is 0 Å². The molecule has 2 amide bonds. The van der Waals surface area contributed by atoms with Crippen LogP contribution in [0.15, 0.2) is 30.4 Å². The molecule has 1 aromatic carbocycles. The Bertz CT molecular complexity index is 823. The Morgan fingerprint density at radius 3 is 2.04 bits per heavy atom. The van der Waals surface area contributed by atoms with Crippen LogP contribution in [0.25, 0.3) is 0 Å². The van der Waals surface area contributed by atoms with Crippen LogP contribution in [0.5, 0.6) is 0 Å². The molecule has 1 aromatic rings. The van der Waals surface area contributed by atoms with E-state index in [9.17, 15) is 9.59 Å². The van der Waals surface area contributed by atoms with Crippen LogP contribution >= 0.6 is 23.2 Å². The number of anilines is 1. The number of amides is 2. The van der Waals surface area contributed by atoms with E-state index >= 15 is 0 Å². The van der Waals surface area contributed by atoms with Gasteiger partial charge in [0.1, 0.15) is 0 Å². The molecule has 5 aliphatic rings. The molecule has 4 fully saturated rings. The zero-order chi connectivity index (χ0) is 17.0. The summed E-state index contributed by atoms with van der Waals surface area (Å²) in [5.41, 5.74) is 0.487. The van der Waals surface area contributed by atoms with Crippen LogP contribution in [0.4, 0.5) is 5.69 Å². The van der Waals surface area contributed by atoms with E-state index in [0.717, 1.165) is 6.42 Å². The summed E-state index contributed by atoms with van der Waals surface area (Å²) in [6, 6.07) is 4.97. The minimum Gasteiger partial charge on any atom is -0.274 e. The van der Waals surface area contributed by atoms with Crippen molar-refractivity contribution < 1.29 is 9.59 Å². The van der Waals surface area contributed by atoms with E-state index in [-0.39, 0.29) is 23.7 Å². The van der Waals surface area contributed by atoms with E-state index in [1.807, 2.05) is 0 Å². The molecule has 4 aliphatic carbocycles. The maximum Gasteiger partial charge on any atom is 0.238 e. The Hall–Kier alpha value is -1.32. The first-order valence-corrected chi connectivity index (χ1v) is 9.83. The van der Waals surface area contributed by atoms with Crippen molar-refractivity contribution in [2.45, 2.75) is 12.8 Å². The number of carbonyl (C=O) groups is 2. The predicted octanol–water partition coefficient (Wildman–Crippen LogP) is 4.19. The number of carbonyl (C=O) groups excluding carboxylic acids is 2. The zero-order valence-electron chi connectivity index (χ0n) is 13.4. The summed E-state index contributed by atoms with van der Waals surface area (Å²) in [6.45, 7) is 0. The topological polar surface area (TPSA) is 37.4 Å². The molecule has 0 aromatic heterocycles. The lowest BCUT2D eigenvalue weighted by molar-refractivity contribution is -0.123. The SMILES string of the molecule is O=C1C2C3CC(C2C(=O)N1c1ccc(Cl)cc1Cl)C1C2C=CC(C2)C31. The van der Waals surface area contributed by atoms with E-state index in [1.54, 1.807) is 18.2 Å². The van der Waals surface area contributed by atoms with Crippen molar-refractivity contribution >= 4 is 40.7 Å². The molecule has 8 unspecified atom stereocenters. The lowest BCUT2D eigenvalue weighted by atomic mass is 9.65. The Labute approximate surface area is 156 Å². The van der Waals surface area contributed by atoms with Crippen LogP contribution in [-0.4, -0.2) is 11.8 Å². The van der Waals surface area contributed by atoms with E-state index < -0.39 is 0 Å². The van der Waals surface area contributed by atoms with Gasteiger partial charge >= 0.3 is 0 Å². The molecule has 0 radical (unpaired) electrons. The second-order valence-corrected chi connectivity index (χ2v) is 9.17. The van der Waals surface area contributed by atoms with Crippen molar-refractivity contribution in [1.82, 2.24) is 0 Å². The first-order chi connectivity index (χ1) is 12.1. The Balaban J connectivity index is 1.42. The second kappa shape index (κ2) is 4.69. The average molecular weight is 374 g/mol. The monoisotopic (exact) mass is 373 g/mol. The Kier molecular flexibility index (Phi) is 2.78. The number of rotatable bonds is 1. The summed E-state index contributed by atoms with van der Waals surface area (Å²) in [4.78, 5) is 27.8. The van der Waals surface area contributed by atoms with Gasteiger partial charge < -0.3 is 0 Å². The van der Waals surface area contributed by atoms with Gasteiger partial charge in [0.05, 0.1) is 22.5 Å². The quantitative estimate of drug-likeness (QED) is 0.420. The van der Waals surface area contributed by atoms with Crippen molar-refractivity contribution in [2.24, 2.45) is 47.3 Å². The van der Waals surface area contributed by atoms with Gasteiger partial charge in [-0.15, -0.1) is 0 Å². The summed E-state index contributed by atoms with van der Waals surface area (Å²) in [7, 11) is 0. The van der Waals surface area contributed by atoms with E-state index in [0.29, 0.717) is 51.2 Å². The van der Waals surface area contributed by atoms with Gasteiger partial charge in [0, 0.05) is 5.02 Å². The first-order valence-electron chi connectivity index (χ1n) is 9.07. The van der Waals surface area contributed by atoms with Gasteiger partial charge in [-0.25, -0.2) is 4.90 Å². The Morgan fingerprint density at radius 1 is 0.880 bits per heavy atom. The highest BCUT2D eigenvalue weighted by Crippen LogP contribution is 2.70. The zero-order valence-corrected chi connectivity index (χ0v) is 15.0. The van der Waals surface area contributed by atoms with Crippen LogP contribution in [-0.2, 0) is 9.59 Å². The van der Waals surface area contributed by atoms with Crippen LogP contribution in [0.3, 0.4) is 0 Å². The minimum absolute atomic E-state index is 0.0445. The number of hydrogen-bond acceptors (Lipinski definition) is 2. The van der Waals surface area contributed by atoms with Gasteiger partial charge in [0.2, 0.25) is 11.8 Å². The molecule has 0 N–H and O–H groups in total. The summed E-state index contributed by atoms with van der Waals surface area (Å²) in [6.07, 6.45) is 7.00. The lowest BCUT2D eigenvalue weighted by Gasteiger charge is -2.36. The summed E-state index contributed by atoms with van der Waals surface area (Å²) in [5, 5.41) is 0.869. The highest BCUT2D eigenvalue weighted by molar-refractivity contribution is 6.38. The summed E-state index contributed by atoms with van der Waals surface area (Å²) >= 11 is 12.3. The molecule has 5 heteroatoms. The lowest BCUT2D eigenvalue weighted by Crippen LogP contribution is -2.38. The molecule has 3 saturated carbocycles. The van der Waals surface area contributed by atoms with E-state index in [2.05, 4.69) is 12.2 Å². The van der Waals surface area contributed by atoms with Crippen LogP contribution in [0.2, 0.25) is 10.0 Å². The molecule has 3 nitrogen and oxygen atoms in total. The molecule has 128 valence electrons. The fraction of sp³-hybridized carbons (Fsp3) is 0.500. The fourth-order valence-corrected chi connectivity index (χ4v) is 7.51. The van der Waals surface area contributed by atoms with Crippen LogP contribution < -0.4 is 4.90 Å². The van der Waals surface area contributed by atoms with Gasteiger partial charge in [-0.2, -0.15) is 0 Å². The standard InChI is InChI=1S/C20H17Cl2NO2/c21-10-3-4-14(13(22)6-10)23-19(24)17-11-7-12(18(17)20(23)25)16-9-2-1-8(5-9)15(11)16/h1-4,6,8-9,11-12,15-18H,5,7H2. The van der Waals surface area contributed by atoms with Crippen molar-refractivity contribution in [2.75, 3.05) is 4.90 Å². The maximum atomic E-state index is 13.2. The highest BCUT2D eigenvalue weighted by atomic mass is 35.5. The van der Waals surface area contributed by atoms with Crippen LogP contribution in [0, 0.1) is 47.3 Å². The third-order valence-corrected chi connectivity index (χ3v) is 8.13. The molecule has 4 bridgehead atoms. The number of hydrogen-bond donors (Lipinski definition) is 0. The smallest absolute Gasteiger partial charge is 0.238 e. The van der Waals surface area contributed by atoms with Crippen molar-refractivity contribution in [1.29, 1.82) is 0 Å². The maximum absolute atomic E-state index is 13.2. The largest absolute Gasteiger partial charge is 0.274 e. The highest BCUT2D eigenvalue weighted by Gasteiger charge is 2.71. The minimum atomic E-state index is -0.141. The van der Waals surface area contributed by atoms with Gasteiger partial charge in [-0.1, -0.05) is 35.4 Å². The summed E-state index contributed by atoms with van der Waals surface area (Å²) < 4.78 is 0. The predicted molar refractivity (Wildman–Crippen MR) is 95.2 cm³/mol. The molecule has 1 aliphatic heterocycles. The number of fused-ring (bicyclic) bond motifs is 12.